The fraction of sp³-hybridized carbons (Fsp3) is 0.318. The summed E-state index contributed by atoms with van der Waals surface area (Å²) in [6, 6.07) is 5.61. The maximum atomic E-state index is 13.8. The SMILES string of the molecule is CCOc1ccc(-c2cc3c(NC)c(C(=O)NC4CC4)cnc3cc2C(F)(F)F)cn1. The Hall–Kier alpha value is -3.36. The van der Waals surface area contributed by atoms with E-state index in [-0.39, 0.29) is 34.2 Å². The summed E-state index contributed by atoms with van der Waals surface area (Å²) < 4.78 is 46.8. The summed E-state index contributed by atoms with van der Waals surface area (Å²) in [6.45, 7) is 2.20. The number of fused-ring (bicyclic) bond motifs is 1. The summed E-state index contributed by atoms with van der Waals surface area (Å²) >= 11 is 0. The van der Waals surface area contributed by atoms with Gasteiger partial charge in [-0.2, -0.15) is 13.2 Å². The van der Waals surface area contributed by atoms with Crippen LogP contribution in [0.25, 0.3) is 22.0 Å². The molecule has 2 heterocycles. The van der Waals surface area contributed by atoms with Crippen LogP contribution in [0.2, 0.25) is 0 Å². The molecule has 1 amide bonds. The van der Waals surface area contributed by atoms with Gasteiger partial charge in [-0.1, -0.05) is 0 Å². The lowest BCUT2D eigenvalue weighted by atomic mass is 9.96. The van der Waals surface area contributed by atoms with Gasteiger partial charge in [0.1, 0.15) is 0 Å². The van der Waals surface area contributed by atoms with E-state index >= 15 is 0 Å². The molecule has 1 aliphatic carbocycles. The lowest BCUT2D eigenvalue weighted by Crippen LogP contribution is -2.26. The Balaban J connectivity index is 1.88. The summed E-state index contributed by atoms with van der Waals surface area (Å²) in [5.74, 6) is 0.0302. The molecule has 2 aromatic heterocycles. The van der Waals surface area contributed by atoms with Crippen molar-refractivity contribution in [3.05, 3.63) is 47.8 Å². The van der Waals surface area contributed by atoms with Crippen molar-refractivity contribution in [3.63, 3.8) is 0 Å². The maximum absolute atomic E-state index is 13.8. The number of carbonyl (C=O) groups is 1. The molecule has 6 nitrogen and oxygen atoms in total. The summed E-state index contributed by atoms with van der Waals surface area (Å²) in [6.07, 6.45) is -0.0930. The van der Waals surface area contributed by atoms with E-state index in [0.29, 0.717) is 23.6 Å². The molecule has 0 bridgehead atoms. The Bertz CT molecular complexity index is 1130. The number of nitrogens with zero attached hydrogens (tertiary/aromatic N) is 2. The van der Waals surface area contributed by atoms with E-state index in [2.05, 4.69) is 20.6 Å². The molecule has 4 rings (SSSR count). The van der Waals surface area contributed by atoms with Crippen LogP contribution in [0.4, 0.5) is 18.9 Å². The molecule has 1 aromatic carbocycles. The number of halogens is 3. The molecule has 9 heteroatoms. The third-order valence-electron chi connectivity index (χ3n) is 5.06. The molecule has 162 valence electrons. The molecular formula is C22H21F3N4O2. The second-order valence-electron chi connectivity index (χ2n) is 7.28. The second kappa shape index (κ2) is 8.05. The first-order chi connectivity index (χ1) is 14.8. The number of alkyl halides is 3. The van der Waals surface area contributed by atoms with E-state index in [9.17, 15) is 18.0 Å². The normalized spacial score (nSPS) is 13.8. The van der Waals surface area contributed by atoms with Crippen LogP contribution in [-0.4, -0.2) is 35.6 Å². The Kier molecular flexibility index (Phi) is 5.43. The average molecular weight is 430 g/mol. The van der Waals surface area contributed by atoms with Gasteiger partial charge in [0.2, 0.25) is 5.88 Å². The van der Waals surface area contributed by atoms with Crippen molar-refractivity contribution in [3.8, 4) is 17.0 Å². The van der Waals surface area contributed by atoms with Crippen LogP contribution in [0.3, 0.4) is 0 Å². The smallest absolute Gasteiger partial charge is 0.417 e. The predicted molar refractivity (Wildman–Crippen MR) is 111 cm³/mol. The van der Waals surface area contributed by atoms with Gasteiger partial charge < -0.3 is 15.4 Å². The molecule has 0 radical (unpaired) electrons. The zero-order chi connectivity index (χ0) is 22.2. The van der Waals surface area contributed by atoms with E-state index in [1.807, 2.05) is 0 Å². The van der Waals surface area contributed by atoms with Crippen molar-refractivity contribution in [2.45, 2.75) is 32.0 Å². The molecule has 3 aromatic rings. The first-order valence-corrected chi connectivity index (χ1v) is 9.93. The van der Waals surface area contributed by atoms with E-state index in [0.717, 1.165) is 18.9 Å². The fourth-order valence-electron chi connectivity index (χ4n) is 3.42. The minimum absolute atomic E-state index is 0.0476. The van der Waals surface area contributed by atoms with Crippen LogP contribution < -0.4 is 15.4 Å². The van der Waals surface area contributed by atoms with Crippen molar-refractivity contribution in [1.29, 1.82) is 0 Å². The topological polar surface area (TPSA) is 76.1 Å². The van der Waals surface area contributed by atoms with Gasteiger partial charge in [-0.05, 0) is 43.5 Å². The Labute approximate surface area is 176 Å². The summed E-state index contributed by atoms with van der Waals surface area (Å²) in [5, 5.41) is 6.26. The average Bonchev–Trinajstić information content (AvgIpc) is 3.56. The number of carbonyl (C=O) groups excluding carboxylic acids is 1. The molecule has 1 aliphatic rings. The van der Waals surface area contributed by atoms with Gasteiger partial charge in [0, 0.05) is 42.5 Å². The molecule has 1 saturated carbocycles. The standard InChI is InChI=1S/C22H21F3N4O2/c1-3-31-19-7-4-12(10-28-19)14-8-15-18(9-17(14)22(23,24)25)27-11-16(20(15)26-2)21(30)29-13-5-6-13/h4,7-11,13H,3,5-6H2,1-2H3,(H,26,27)(H,29,30). The van der Waals surface area contributed by atoms with Gasteiger partial charge in [0.15, 0.2) is 0 Å². The highest BCUT2D eigenvalue weighted by Crippen LogP contribution is 2.41. The highest BCUT2D eigenvalue weighted by Gasteiger charge is 2.35. The number of nitrogens with one attached hydrogen (secondary N) is 2. The van der Waals surface area contributed by atoms with Crippen molar-refractivity contribution < 1.29 is 22.7 Å². The Morgan fingerprint density at radius 1 is 1.19 bits per heavy atom. The molecule has 31 heavy (non-hydrogen) atoms. The molecule has 0 aliphatic heterocycles. The molecule has 0 spiro atoms. The van der Waals surface area contributed by atoms with Crippen LogP contribution in [-0.2, 0) is 6.18 Å². The van der Waals surface area contributed by atoms with Gasteiger partial charge in [0.05, 0.1) is 28.9 Å². The highest BCUT2D eigenvalue weighted by atomic mass is 19.4. The lowest BCUT2D eigenvalue weighted by Gasteiger charge is -2.17. The van der Waals surface area contributed by atoms with Gasteiger partial charge in [-0.15, -0.1) is 0 Å². The molecule has 0 unspecified atom stereocenters. The van der Waals surface area contributed by atoms with Gasteiger partial charge in [-0.25, -0.2) is 4.98 Å². The third kappa shape index (κ3) is 4.26. The van der Waals surface area contributed by atoms with E-state index < -0.39 is 11.7 Å². The van der Waals surface area contributed by atoms with Gasteiger partial charge in [0.25, 0.3) is 5.91 Å². The molecular weight excluding hydrogens is 409 g/mol. The second-order valence-corrected chi connectivity index (χ2v) is 7.28. The largest absolute Gasteiger partial charge is 0.478 e. The number of pyridine rings is 2. The quantitative estimate of drug-likeness (QED) is 0.596. The van der Waals surface area contributed by atoms with Crippen LogP contribution in [0.5, 0.6) is 5.88 Å². The van der Waals surface area contributed by atoms with E-state index in [1.54, 1.807) is 14.0 Å². The number of ether oxygens (including phenoxy) is 1. The monoisotopic (exact) mass is 430 g/mol. The third-order valence-corrected chi connectivity index (χ3v) is 5.06. The summed E-state index contributed by atoms with van der Waals surface area (Å²) in [7, 11) is 1.62. The highest BCUT2D eigenvalue weighted by molar-refractivity contribution is 6.08. The van der Waals surface area contributed by atoms with Gasteiger partial charge in [-0.3, -0.25) is 9.78 Å². The Morgan fingerprint density at radius 3 is 2.55 bits per heavy atom. The van der Waals surface area contributed by atoms with Crippen molar-refractivity contribution in [1.82, 2.24) is 15.3 Å². The first-order valence-electron chi connectivity index (χ1n) is 9.93. The zero-order valence-electron chi connectivity index (χ0n) is 17.0. The van der Waals surface area contributed by atoms with Crippen molar-refractivity contribution >= 4 is 22.5 Å². The summed E-state index contributed by atoms with van der Waals surface area (Å²) in [5.41, 5.74) is 0.272. The van der Waals surface area contributed by atoms with Gasteiger partial charge >= 0.3 is 6.18 Å². The lowest BCUT2D eigenvalue weighted by molar-refractivity contribution is -0.137. The minimum atomic E-state index is -4.59. The van der Waals surface area contributed by atoms with E-state index in [1.165, 1.54) is 30.6 Å². The predicted octanol–water partition coefficient (Wildman–Crippen LogP) is 4.65. The molecule has 2 N–H and O–H groups in total. The number of hydrogen-bond donors (Lipinski definition) is 2. The molecule has 1 fully saturated rings. The summed E-state index contributed by atoms with van der Waals surface area (Å²) in [4.78, 5) is 20.8. The number of rotatable bonds is 6. The van der Waals surface area contributed by atoms with Crippen LogP contribution in [0, 0.1) is 0 Å². The molecule has 0 atom stereocenters. The first kappa shape index (κ1) is 20.9. The number of hydrogen-bond acceptors (Lipinski definition) is 5. The number of aromatic nitrogens is 2. The van der Waals surface area contributed by atoms with Crippen LogP contribution in [0.15, 0.2) is 36.7 Å². The molecule has 0 saturated heterocycles. The van der Waals surface area contributed by atoms with Crippen molar-refractivity contribution in [2.24, 2.45) is 0 Å². The van der Waals surface area contributed by atoms with Crippen LogP contribution in [0.1, 0.15) is 35.7 Å². The number of amides is 1. The van der Waals surface area contributed by atoms with E-state index in [4.69, 9.17) is 4.74 Å². The minimum Gasteiger partial charge on any atom is -0.478 e. The van der Waals surface area contributed by atoms with Crippen molar-refractivity contribution in [2.75, 3.05) is 19.0 Å². The number of benzene rings is 1. The Morgan fingerprint density at radius 2 is 1.97 bits per heavy atom. The zero-order valence-corrected chi connectivity index (χ0v) is 17.0. The van der Waals surface area contributed by atoms with Crippen LogP contribution >= 0.6 is 0 Å². The maximum Gasteiger partial charge on any atom is 0.417 e. The number of anilines is 1. The fourth-order valence-corrected chi connectivity index (χ4v) is 3.42.